The Labute approximate surface area is 182 Å². The van der Waals surface area contributed by atoms with Crippen molar-refractivity contribution in [2.45, 2.75) is 12.8 Å². The highest BCUT2D eigenvalue weighted by Gasteiger charge is 1.98. The molecular formula is C20H30O6S3. The van der Waals surface area contributed by atoms with E-state index in [9.17, 15) is 0 Å². The highest BCUT2D eigenvalue weighted by atomic mass is 32.3. The molecule has 0 amide bonds. The highest BCUT2D eigenvalue weighted by Crippen LogP contribution is 2.00. The Morgan fingerprint density at radius 1 is 0.655 bits per heavy atom. The van der Waals surface area contributed by atoms with Crippen molar-refractivity contribution in [3.05, 3.63) is 71.8 Å². The van der Waals surface area contributed by atoms with E-state index in [4.69, 9.17) is 27.7 Å². The fourth-order valence-electron chi connectivity index (χ4n) is 2.07. The van der Waals surface area contributed by atoms with E-state index in [1.165, 1.54) is 34.7 Å². The molecule has 164 valence electrons. The molecule has 0 aliphatic heterocycles. The van der Waals surface area contributed by atoms with Crippen LogP contribution >= 0.6 is 0 Å². The van der Waals surface area contributed by atoms with E-state index in [-0.39, 0.29) is 0 Å². The summed E-state index contributed by atoms with van der Waals surface area (Å²) in [6.07, 6.45) is 2.25. The molecule has 2 N–H and O–H groups in total. The minimum atomic E-state index is -5.17. The third-order valence-corrected chi connectivity index (χ3v) is 5.43. The molecule has 29 heavy (non-hydrogen) atoms. The molecule has 0 radical (unpaired) electrons. The molecule has 0 aliphatic rings. The van der Waals surface area contributed by atoms with Crippen molar-refractivity contribution in [2.75, 3.05) is 36.2 Å². The van der Waals surface area contributed by atoms with Crippen molar-refractivity contribution in [3.63, 3.8) is 0 Å². The van der Waals surface area contributed by atoms with Crippen LogP contribution in [-0.4, -0.2) is 64.0 Å². The third kappa shape index (κ3) is 23.1. The molecule has 2 rings (SSSR count). The van der Waals surface area contributed by atoms with Gasteiger partial charge in [-0.3, -0.25) is 8.42 Å². The van der Waals surface area contributed by atoms with Gasteiger partial charge in [-0.1, -0.05) is 60.7 Å². The summed E-state index contributed by atoms with van der Waals surface area (Å²) in [5, 5.41) is 17.1. The Balaban J connectivity index is 0.000000442. The number of aliphatic hydroxyl groups excluding tert-OH is 2. The van der Waals surface area contributed by atoms with E-state index >= 15 is 0 Å². The topological polar surface area (TPSA) is 121 Å². The SMILES string of the molecule is O=S(=O)([O-])[O-].OCC[SH+]CCc1ccccc1.OCC[SH+]CCc1ccccc1. The fourth-order valence-corrected chi connectivity index (χ4v) is 3.63. The smallest absolute Gasteiger partial charge is 0.128 e. The van der Waals surface area contributed by atoms with Gasteiger partial charge >= 0.3 is 0 Å². The van der Waals surface area contributed by atoms with Crippen LogP contribution in [0.1, 0.15) is 11.1 Å². The number of aliphatic hydroxyl groups is 2. The molecule has 9 heteroatoms. The van der Waals surface area contributed by atoms with Gasteiger partial charge in [-0.25, -0.2) is 0 Å². The van der Waals surface area contributed by atoms with Gasteiger partial charge < -0.3 is 19.3 Å². The number of hydrogen-bond donors (Lipinski definition) is 2. The van der Waals surface area contributed by atoms with Gasteiger partial charge in [0.1, 0.15) is 23.0 Å². The molecule has 0 saturated heterocycles. The average Bonchev–Trinajstić information content (AvgIpc) is 2.70. The molecule has 0 aromatic heterocycles. The van der Waals surface area contributed by atoms with Crippen molar-refractivity contribution in [1.82, 2.24) is 0 Å². The summed E-state index contributed by atoms with van der Waals surface area (Å²) in [5.74, 6) is 4.13. The normalized spacial score (nSPS) is 10.3. The summed E-state index contributed by atoms with van der Waals surface area (Å²) in [5.41, 5.74) is 2.78. The number of thiol groups is 2. The second-order valence-corrected chi connectivity index (χ2v) is 9.17. The van der Waals surface area contributed by atoms with E-state index in [0.29, 0.717) is 13.2 Å². The Morgan fingerprint density at radius 2 is 0.966 bits per heavy atom. The second kappa shape index (κ2) is 18.9. The third-order valence-electron chi connectivity index (χ3n) is 3.32. The van der Waals surface area contributed by atoms with Crippen molar-refractivity contribution in [3.8, 4) is 0 Å². The first-order chi connectivity index (χ1) is 13.9. The van der Waals surface area contributed by atoms with Crippen LogP contribution in [0, 0.1) is 0 Å². The second-order valence-electron chi connectivity index (χ2n) is 5.67. The van der Waals surface area contributed by atoms with Crippen LogP contribution in [0.15, 0.2) is 60.7 Å². The molecule has 2 aromatic carbocycles. The van der Waals surface area contributed by atoms with Gasteiger partial charge in [0.2, 0.25) is 0 Å². The summed E-state index contributed by atoms with van der Waals surface area (Å²) in [6, 6.07) is 20.9. The zero-order valence-electron chi connectivity index (χ0n) is 16.3. The number of aryl methyl sites for hydroxylation is 2. The monoisotopic (exact) mass is 462 g/mol. The predicted octanol–water partition coefficient (Wildman–Crippen LogP) is 0.735. The standard InChI is InChI=1S/2C10H14OS.H2O4S/c2*11-7-9-12-8-6-10-4-2-1-3-5-10;1-5(2,3)4/h2*1-5,11H,6-9H2;(H2,1,2,3,4). The molecule has 0 aliphatic carbocycles. The average molecular weight is 463 g/mol. The van der Waals surface area contributed by atoms with Crippen molar-refractivity contribution in [1.29, 1.82) is 0 Å². The van der Waals surface area contributed by atoms with Crippen molar-refractivity contribution >= 4 is 33.9 Å². The number of benzene rings is 2. The van der Waals surface area contributed by atoms with Gasteiger partial charge in [-0.2, -0.15) is 0 Å². The van der Waals surface area contributed by atoms with Crippen LogP contribution in [0.4, 0.5) is 0 Å². The zero-order valence-corrected chi connectivity index (χ0v) is 18.9. The lowest BCUT2D eigenvalue weighted by Crippen LogP contribution is -2.01. The van der Waals surface area contributed by atoms with Gasteiger partial charge in [0.15, 0.2) is 0 Å². The largest absolute Gasteiger partial charge is 0.759 e. The van der Waals surface area contributed by atoms with Crippen molar-refractivity contribution < 1.29 is 27.7 Å². The summed E-state index contributed by atoms with van der Waals surface area (Å²) >= 11 is 2.71. The highest BCUT2D eigenvalue weighted by molar-refractivity contribution is 7.79. The number of rotatable bonds is 10. The molecule has 0 bridgehead atoms. The van der Waals surface area contributed by atoms with Gasteiger partial charge in [0, 0.05) is 23.2 Å². The minimum Gasteiger partial charge on any atom is -0.759 e. The Hall–Kier alpha value is -1.07. The van der Waals surface area contributed by atoms with E-state index in [0.717, 1.165) is 35.9 Å². The quantitative estimate of drug-likeness (QED) is 0.177. The maximum absolute atomic E-state index is 8.56. The van der Waals surface area contributed by atoms with Gasteiger partial charge in [-0.15, -0.1) is 0 Å². The summed E-state index contributed by atoms with van der Waals surface area (Å²) < 4.78 is 34.1. The molecule has 0 heterocycles. The van der Waals surface area contributed by atoms with E-state index in [2.05, 4.69) is 48.5 Å². The molecule has 6 nitrogen and oxygen atoms in total. The zero-order chi connectivity index (χ0) is 21.8. The Morgan fingerprint density at radius 3 is 1.24 bits per heavy atom. The van der Waals surface area contributed by atoms with E-state index < -0.39 is 10.4 Å². The lowest BCUT2D eigenvalue weighted by Gasteiger charge is -2.06. The van der Waals surface area contributed by atoms with Crippen LogP contribution in [-0.2, 0) is 46.8 Å². The summed E-state index contributed by atoms with van der Waals surface area (Å²) in [4.78, 5) is 0. The lowest BCUT2D eigenvalue weighted by molar-refractivity contribution is 0.322. The molecule has 0 unspecified atom stereocenters. The van der Waals surface area contributed by atoms with Gasteiger partial charge in [0.25, 0.3) is 0 Å². The maximum Gasteiger partial charge on any atom is 0.128 e. The molecule has 0 fully saturated rings. The number of hydrogen-bond acceptors (Lipinski definition) is 6. The van der Waals surface area contributed by atoms with Crippen LogP contribution in [0.5, 0.6) is 0 Å². The molecule has 2 aromatic rings. The van der Waals surface area contributed by atoms with E-state index in [1.54, 1.807) is 0 Å². The first-order valence-corrected chi connectivity index (χ1v) is 13.0. The molecule has 0 saturated carbocycles. The minimum absolute atomic E-state index is 0.316. The molecular weight excluding hydrogens is 432 g/mol. The molecule has 0 spiro atoms. The molecule has 0 atom stereocenters. The van der Waals surface area contributed by atoms with Gasteiger partial charge in [0.05, 0.1) is 13.2 Å². The first-order valence-electron chi connectivity index (χ1n) is 9.09. The summed E-state index contributed by atoms with van der Waals surface area (Å²) in [6.45, 7) is 0.632. The maximum atomic E-state index is 8.56. The summed E-state index contributed by atoms with van der Waals surface area (Å²) in [7, 11) is -5.17. The fraction of sp³-hybridized carbons (Fsp3) is 0.400. The van der Waals surface area contributed by atoms with E-state index in [1.807, 2.05) is 12.1 Å². The van der Waals surface area contributed by atoms with Gasteiger partial charge in [-0.05, 0) is 34.7 Å². The first kappa shape index (κ1) is 27.9. The lowest BCUT2D eigenvalue weighted by atomic mass is 10.2. The predicted molar refractivity (Wildman–Crippen MR) is 122 cm³/mol. The van der Waals surface area contributed by atoms with Crippen molar-refractivity contribution in [2.24, 2.45) is 0 Å². The van der Waals surface area contributed by atoms with Crippen LogP contribution in [0.25, 0.3) is 0 Å². The Kier molecular flexibility index (Phi) is 18.2. The Bertz CT molecular complexity index is 641. The van der Waals surface area contributed by atoms with Crippen LogP contribution in [0.3, 0.4) is 0 Å². The van der Waals surface area contributed by atoms with Crippen LogP contribution in [0.2, 0.25) is 0 Å². The van der Waals surface area contributed by atoms with Crippen LogP contribution < -0.4 is 0 Å².